The van der Waals surface area contributed by atoms with Gasteiger partial charge in [0.05, 0.1) is 0 Å². The quantitative estimate of drug-likeness (QED) is 0.514. The Morgan fingerprint density at radius 1 is 0.917 bits per heavy atom. The third kappa shape index (κ3) is 2.66. The van der Waals surface area contributed by atoms with Crippen LogP contribution in [-0.4, -0.2) is 10.8 Å². The van der Waals surface area contributed by atoms with Gasteiger partial charge in [0.15, 0.2) is 7.14 Å². The van der Waals surface area contributed by atoms with Crippen LogP contribution >= 0.6 is 19.4 Å². The topological polar surface area (TPSA) is 29.1 Å². The van der Waals surface area contributed by atoms with Gasteiger partial charge in [-0.15, -0.1) is 0 Å². The monoisotopic (exact) mass is 353 g/mol. The van der Waals surface area contributed by atoms with Gasteiger partial charge in [-0.1, -0.05) is 85.0 Å². The Hall–Kier alpha value is -1.70. The van der Waals surface area contributed by atoms with Crippen molar-refractivity contribution < 1.29 is 4.57 Å². The maximum atomic E-state index is 14.1. The third-order valence-electron chi connectivity index (χ3n) is 5.11. The summed E-state index contributed by atoms with van der Waals surface area (Å²) in [6.45, 7) is 0. The summed E-state index contributed by atoms with van der Waals surface area (Å²) in [5.41, 5.74) is 0. The van der Waals surface area contributed by atoms with E-state index < -0.39 is 7.14 Å². The van der Waals surface area contributed by atoms with Gasteiger partial charge in [0, 0.05) is 16.7 Å². The molecule has 1 saturated carbocycles. The SMILES string of the molecule is O=P(C(=S)N[C@@H]1C[C@H]2C=C[C@H]1C2)(c1ccccc1)c1ccccc1. The van der Waals surface area contributed by atoms with Gasteiger partial charge in [0.2, 0.25) is 0 Å². The molecule has 2 aromatic rings. The van der Waals surface area contributed by atoms with Crippen LogP contribution in [0, 0.1) is 11.8 Å². The Bertz CT molecular complexity index is 775. The largest absolute Gasteiger partial charge is 0.370 e. The number of allylic oxidation sites excluding steroid dienone is 1. The molecule has 3 atom stereocenters. The zero-order valence-corrected chi connectivity index (χ0v) is 15.0. The van der Waals surface area contributed by atoms with Crippen LogP contribution in [0.15, 0.2) is 72.8 Å². The lowest BCUT2D eigenvalue weighted by atomic mass is 10.0. The molecule has 2 bridgehead atoms. The Kier molecular flexibility index (Phi) is 4.15. The summed E-state index contributed by atoms with van der Waals surface area (Å²) in [5, 5.41) is 5.06. The van der Waals surface area contributed by atoms with Crippen molar-refractivity contribution in [2.45, 2.75) is 18.9 Å². The Morgan fingerprint density at radius 3 is 1.96 bits per heavy atom. The maximum absolute atomic E-state index is 14.1. The van der Waals surface area contributed by atoms with Gasteiger partial charge in [0.1, 0.15) is 4.73 Å². The highest BCUT2D eigenvalue weighted by Gasteiger charge is 2.39. The number of thiocarbonyl (C=S) groups is 1. The molecule has 0 amide bonds. The number of nitrogens with one attached hydrogen (secondary N) is 1. The van der Waals surface area contributed by atoms with E-state index >= 15 is 0 Å². The zero-order valence-electron chi connectivity index (χ0n) is 13.3. The van der Waals surface area contributed by atoms with Crippen molar-refractivity contribution in [3.63, 3.8) is 0 Å². The molecule has 2 aliphatic rings. The van der Waals surface area contributed by atoms with E-state index in [0.717, 1.165) is 17.0 Å². The summed E-state index contributed by atoms with van der Waals surface area (Å²) in [6.07, 6.45) is 6.87. The van der Waals surface area contributed by atoms with Gasteiger partial charge >= 0.3 is 0 Å². The fraction of sp³-hybridized carbons (Fsp3) is 0.250. The highest BCUT2D eigenvalue weighted by atomic mass is 32.1. The van der Waals surface area contributed by atoms with Gasteiger partial charge < -0.3 is 9.88 Å². The highest BCUT2D eigenvalue weighted by Crippen LogP contribution is 2.46. The molecular weight excluding hydrogens is 333 g/mol. The molecule has 0 heterocycles. The number of benzene rings is 2. The fourth-order valence-corrected chi connectivity index (χ4v) is 6.94. The van der Waals surface area contributed by atoms with Crippen molar-refractivity contribution in [1.29, 1.82) is 0 Å². The van der Waals surface area contributed by atoms with Crippen LogP contribution in [0.3, 0.4) is 0 Å². The molecule has 24 heavy (non-hydrogen) atoms. The minimum atomic E-state index is -2.99. The first-order chi connectivity index (χ1) is 11.7. The summed E-state index contributed by atoms with van der Waals surface area (Å²) < 4.78 is 14.6. The molecule has 1 N–H and O–H groups in total. The maximum Gasteiger partial charge on any atom is 0.196 e. The van der Waals surface area contributed by atoms with Crippen molar-refractivity contribution in [3.05, 3.63) is 72.8 Å². The first-order valence-corrected chi connectivity index (χ1v) is 10.5. The van der Waals surface area contributed by atoms with E-state index in [-0.39, 0.29) is 0 Å². The zero-order chi connectivity index (χ0) is 16.6. The molecular formula is C20H20NOPS. The molecule has 0 radical (unpaired) electrons. The molecule has 122 valence electrons. The lowest BCUT2D eigenvalue weighted by Gasteiger charge is -2.27. The van der Waals surface area contributed by atoms with Gasteiger partial charge in [-0.05, 0) is 24.7 Å². The molecule has 0 aliphatic heterocycles. The van der Waals surface area contributed by atoms with Crippen LogP contribution in [-0.2, 0) is 4.57 Å². The molecule has 0 spiro atoms. The van der Waals surface area contributed by atoms with E-state index in [1.54, 1.807) is 0 Å². The summed E-state index contributed by atoms with van der Waals surface area (Å²) in [5.74, 6) is 1.18. The summed E-state index contributed by atoms with van der Waals surface area (Å²) in [6, 6.07) is 19.6. The van der Waals surface area contributed by atoms with Crippen LogP contribution in [0.2, 0.25) is 0 Å². The summed E-state index contributed by atoms with van der Waals surface area (Å²) >= 11 is 5.71. The minimum Gasteiger partial charge on any atom is -0.370 e. The van der Waals surface area contributed by atoms with Gasteiger partial charge in [-0.25, -0.2) is 0 Å². The third-order valence-corrected chi connectivity index (χ3v) is 8.75. The number of fused-ring (bicyclic) bond motifs is 2. The molecule has 0 aromatic heterocycles. The summed E-state index contributed by atoms with van der Waals surface area (Å²) in [4.78, 5) is 0. The molecule has 2 aromatic carbocycles. The van der Waals surface area contributed by atoms with Gasteiger partial charge in [-0.3, -0.25) is 0 Å². The predicted octanol–water partition coefficient (Wildman–Crippen LogP) is 3.84. The second-order valence-electron chi connectivity index (χ2n) is 6.62. The van der Waals surface area contributed by atoms with Crippen LogP contribution in [0.1, 0.15) is 12.8 Å². The van der Waals surface area contributed by atoms with E-state index in [1.807, 2.05) is 60.7 Å². The lowest BCUT2D eigenvalue weighted by molar-refractivity contribution is 0.527. The van der Waals surface area contributed by atoms with Crippen molar-refractivity contribution >= 4 is 34.7 Å². The van der Waals surface area contributed by atoms with E-state index in [1.165, 1.54) is 6.42 Å². The van der Waals surface area contributed by atoms with E-state index in [0.29, 0.717) is 22.6 Å². The van der Waals surface area contributed by atoms with Crippen molar-refractivity contribution in [1.82, 2.24) is 5.32 Å². The van der Waals surface area contributed by atoms with E-state index in [9.17, 15) is 4.57 Å². The molecule has 2 nitrogen and oxygen atoms in total. The van der Waals surface area contributed by atoms with E-state index in [2.05, 4.69) is 17.5 Å². The first-order valence-electron chi connectivity index (χ1n) is 8.38. The summed E-state index contributed by atoms with van der Waals surface area (Å²) in [7, 11) is -2.99. The smallest absolute Gasteiger partial charge is 0.196 e. The Labute approximate surface area is 148 Å². The lowest BCUT2D eigenvalue weighted by Crippen LogP contribution is -2.39. The Morgan fingerprint density at radius 2 is 1.50 bits per heavy atom. The van der Waals surface area contributed by atoms with Crippen molar-refractivity contribution in [2.75, 3.05) is 0 Å². The van der Waals surface area contributed by atoms with Crippen molar-refractivity contribution in [3.8, 4) is 0 Å². The number of hydrogen-bond donors (Lipinski definition) is 1. The molecule has 2 aliphatic carbocycles. The van der Waals surface area contributed by atoms with E-state index in [4.69, 9.17) is 12.2 Å². The molecule has 0 saturated heterocycles. The average Bonchev–Trinajstić information content (AvgIpc) is 3.25. The van der Waals surface area contributed by atoms with Crippen LogP contribution in [0.5, 0.6) is 0 Å². The molecule has 0 unspecified atom stereocenters. The Balaban J connectivity index is 1.69. The standard InChI is InChI=1S/C20H20NOPS/c22-23(17-7-3-1-4-8-17,18-9-5-2-6-10-18)20(24)21-19-14-15-11-12-16(19)13-15/h1-12,15-16,19H,13-14H2,(H,21,24)/t15-,16-,19+/m0/s1. The van der Waals surface area contributed by atoms with Crippen LogP contribution < -0.4 is 15.9 Å². The van der Waals surface area contributed by atoms with Gasteiger partial charge in [-0.2, -0.15) is 0 Å². The molecule has 1 fully saturated rings. The predicted molar refractivity (Wildman–Crippen MR) is 105 cm³/mol. The van der Waals surface area contributed by atoms with Crippen LogP contribution in [0.25, 0.3) is 0 Å². The molecule has 4 rings (SSSR count). The second-order valence-corrected chi connectivity index (χ2v) is 10.0. The number of hydrogen-bond acceptors (Lipinski definition) is 2. The highest BCUT2D eigenvalue weighted by molar-refractivity contribution is 8.07. The van der Waals surface area contributed by atoms with Crippen molar-refractivity contribution in [2.24, 2.45) is 11.8 Å². The van der Waals surface area contributed by atoms with Crippen LogP contribution in [0.4, 0.5) is 0 Å². The average molecular weight is 353 g/mol. The second kappa shape index (κ2) is 6.31. The normalized spacial score (nSPS) is 24.9. The number of rotatable bonds is 4. The molecule has 4 heteroatoms. The fourth-order valence-electron chi connectivity index (χ4n) is 3.86. The first kappa shape index (κ1) is 15.8. The minimum absolute atomic E-state index is 0.313. The van der Waals surface area contributed by atoms with Gasteiger partial charge in [0.25, 0.3) is 0 Å².